The predicted octanol–water partition coefficient (Wildman–Crippen LogP) is 5.29. The molecule has 0 spiro atoms. The molecule has 0 saturated heterocycles. The second kappa shape index (κ2) is 8.35. The van der Waals surface area contributed by atoms with Crippen LogP contribution in [0.2, 0.25) is 0 Å². The molecule has 0 saturated carbocycles. The van der Waals surface area contributed by atoms with E-state index >= 15 is 0 Å². The van der Waals surface area contributed by atoms with Crippen molar-refractivity contribution < 1.29 is 0 Å². The first-order chi connectivity index (χ1) is 10.2. The van der Waals surface area contributed by atoms with Crippen molar-refractivity contribution in [1.29, 1.82) is 0 Å². The Kier molecular flexibility index (Phi) is 6.47. The summed E-state index contributed by atoms with van der Waals surface area (Å²) in [5, 5.41) is 3.67. The number of benzene rings is 2. The third kappa shape index (κ3) is 4.98. The molecule has 1 N–H and O–H groups in total. The average Bonchev–Trinajstić information content (AvgIpc) is 2.53. The molecule has 0 fully saturated rings. The van der Waals surface area contributed by atoms with Gasteiger partial charge in [-0.25, -0.2) is 0 Å². The normalized spacial score (nSPS) is 12.3. The summed E-state index contributed by atoms with van der Waals surface area (Å²) in [5.74, 6) is 0. The zero-order valence-electron chi connectivity index (χ0n) is 12.9. The minimum absolute atomic E-state index is 0.386. The van der Waals surface area contributed by atoms with E-state index in [-0.39, 0.29) is 0 Å². The van der Waals surface area contributed by atoms with E-state index in [0.717, 1.165) is 30.3 Å². The minimum Gasteiger partial charge on any atom is -0.310 e. The summed E-state index contributed by atoms with van der Waals surface area (Å²) in [5.41, 5.74) is 4.14. The summed E-state index contributed by atoms with van der Waals surface area (Å²) >= 11 is 3.50. The molecule has 0 heterocycles. The summed E-state index contributed by atoms with van der Waals surface area (Å²) in [7, 11) is 0. The van der Waals surface area contributed by atoms with E-state index in [9.17, 15) is 0 Å². The Labute approximate surface area is 136 Å². The molecule has 1 unspecified atom stereocenters. The fourth-order valence-corrected chi connectivity index (χ4v) is 2.73. The van der Waals surface area contributed by atoms with Crippen molar-refractivity contribution in [2.45, 2.75) is 39.2 Å². The van der Waals surface area contributed by atoms with E-state index in [0.29, 0.717) is 6.04 Å². The quantitative estimate of drug-likeness (QED) is 0.718. The Bertz CT molecular complexity index is 530. The van der Waals surface area contributed by atoms with Gasteiger partial charge in [0.05, 0.1) is 0 Å². The van der Waals surface area contributed by atoms with Gasteiger partial charge in [0, 0.05) is 10.5 Å². The van der Waals surface area contributed by atoms with E-state index in [1.807, 2.05) is 0 Å². The van der Waals surface area contributed by atoms with Gasteiger partial charge in [-0.1, -0.05) is 66.2 Å². The lowest BCUT2D eigenvalue weighted by molar-refractivity contribution is 0.529. The third-order valence-corrected chi connectivity index (χ3v) is 4.31. The van der Waals surface area contributed by atoms with Crippen molar-refractivity contribution in [3.05, 3.63) is 69.7 Å². The monoisotopic (exact) mass is 345 g/mol. The molecule has 0 aliphatic carbocycles. The standard InChI is InChI=1S/C19H24BrN/c1-3-13-21-19(14-16-7-11-18(20)12-8-16)17-9-5-15(4-2)6-10-17/h5-12,19,21H,3-4,13-14H2,1-2H3. The van der Waals surface area contributed by atoms with Gasteiger partial charge < -0.3 is 5.32 Å². The van der Waals surface area contributed by atoms with Gasteiger partial charge in [0.15, 0.2) is 0 Å². The van der Waals surface area contributed by atoms with Gasteiger partial charge in [0.2, 0.25) is 0 Å². The fraction of sp³-hybridized carbons (Fsp3) is 0.368. The van der Waals surface area contributed by atoms with Crippen LogP contribution in [0.25, 0.3) is 0 Å². The van der Waals surface area contributed by atoms with Gasteiger partial charge >= 0.3 is 0 Å². The number of halogens is 1. The van der Waals surface area contributed by atoms with E-state index < -0.39 is 0 Å². The fourth-order valence-electron chi connectivity index (χ4n) is 2.47. The Morgan fingerprint density at radius 1 is 0.905 bits per heavy atom. The smallest absolute Gasteiger partial charge is 0.0360 e. The first-order valence-corrected chi connectivity index (χ1v) is 8.59. The van der Waals surface area contributed by atoms with Gasteiger partial charge in [0.1, 0.15) is 0 Å². The van der Waals surface area contributed by atoms with Gasteiger partial charge in [-0.3, -0.25) is 0 Å². The molecule has 2 aromatic rings. The first-order valence-electron chi connectivity index (χ1n) is 7.79. The van der Waals surface area contributed by atoms with E-state index in [2.05, 4.69) is 83.6 Å². The SMILES string of the molecule is CCCNC(Cc1ccc(Br)cc1)c1ccc(CC)cc1. The molecule has 2 rings (SSSR count). The molecule has 1 atom stereocenters. The summed E-state index contributed by atoms with van der Waals surface area (Å²) in [6.07, 6.45) is 3.28. The maximum Gasteiger partial charge on any atom is 0.0360 e. The maximum absolute atomic E-state index is 3.67. The van der Waals surface area contributed by atoms with E-state index in [1.165, 1.54) is 16.7 Å². The van der Waals surface area contributed by atoms with Gasteiger partial charge in [-0.2, -0.15) is 0 Å². The van der Waals surface area contributed by atoms with Crippen molar-refractivity contribution in [2.24, 2.45) is 0 Å². The molecule has 0 aliphatic rings. The minimum atomic E-state index is 0.386. The third-order valence-electron chi connectivity index (χ3n) is 3.78. The van der Waals surface area contributed by atoms with Crippen LogP contribution in [0.5, 0.6) is 0 Å². The van der Waals surface area contributed by atoms with Gasteiger partial charge in [-0.15, -0.1) is 0 Å². The van der Waals surface area contributed by atoms with E-state index in [4.69, 9.17) is 0 Å². The zero-order valence-corrected chi connectivity index (χ0v) is 14.5. The molecule has 0 radical (unpaired) electrons. The topological polar surface area (TPSA) is 12.0 Å². The predicted molar refractivity (Wildman–Crippen MR) is 94.7 cm³/mol. The molecule has 2 aromatic carbocycles. The highest BCUT2D eigenvalue weighted by molar-refractivity contribution is 9.10. The average molecular weight is 346 g/mol. The highest BCUT2D eigenvalue weighted by Gasteiger charge is 2.11. The largest absolute Gasteiger partial charge is 0.310 e. The van der Waals surface area contributed by atoms with Gasteiger partial charge in [-0.05, 0) is 54.6 Å². The molecule has 0 bridgehead atoms. The molecule has 21 heavy (non-hydrogen) atoms. The lowest BCUT2D eigenvalue weighted by Crippen LogP contribution is -2.24. The Morgan fingerprint density at radius 2 is 1.52 bits per heavy atom. The second-order valence-corrected chi connectivity index (χ2v) is 6.35. The lowest BCUT2D eigenvalue weighted by Gasteiger charge is -2.19. The zero-order chi connectivity index (χ0) is 15.1. The Morgan fingerprint density at radius 3 is 2.10 bits per heavy atom. The van der Waals surface area contributed by atoms with Crippen LogP contribution in [0.3, 0.4) is 0 Å². The molecule has 1 nitrogen and oxygen atoms in total. The van der Waals surface area contributed by atoms with Crippen LogP contribution < -0.4 is 5.32 Å². The van der Waals surface area contributed by atoms with Crippen molar-refractivity contribution in [3.63, 3.8) is 0 Å². The Hall–Kier alpha value is -1.12. The van der Waals surface area contributed by atoms with Crippen molar-refractivity contribution in [3.8, 4) is 0 Å². The van der Waals surface area contributed by atoms with Crippen molar-refractivity contribution >= 4 is 15.9 Å². The number of aryl methyl sites for hydroxylation is 1. The second-order valence-electron chi connectivity index (χ2n) is 5.43. The lowest BCUT2D eigenvalue weighted by atomic mass is 9.97. The number of hydrogen-bond donors (Lipinski definition) is 1. The van der Waals surface area contributed by atoms with Gasteiger partial charge in [0.25, 0.3) is 0 Å². The van der Waals surface area contributed by atoms with Crippen LogP contribution in [0.15, 0.2) is 53.0 Å². The highest BCUT2D eigenvalue weighted by Crippen LogP contribution is 2.21. The first kappa shape index (κ1) is 16.3. The molecular weight excluding hydrogens is 322 g/mol. The van der Waals surface area contributed by atoms with Crippen molar-refractivity contribution in [2.75, 3.05) is 6.54 Å². The summed E-state index contributed by atoms with van der Waals surface area (Å²) < 4.78 is 1.14. The van der Waals surface area contributed by atoms with Crippen LogP contribution in [0, 0.1) is 0 Å². The van der Waals surface area contributed by atoms with Crippen LogP contribution in [-0.2, 0) is 12.8 Å². The van der Waals surface area contributed by atoms with Crippen LogP contribution in [0.4, 0.5) is 0 Å². The highest BCUT2D eigenvalue weighted by atomic mass is 79.9. The molecule has 0 aromatic heterocycles. The molecule has 112 valence electrons. The maximum atomic E-state index is 3.67. The number of rotatable bonds is 7. The summed E-state index contributed by atoms with van der Waals surface area (Å²) in [6.45, 7) is 5.46. The molecular formula is C19H24BrN. The van der Waals surface area contributed by atoms with E-state index in [1.54, 1.807) is 0 Å². The summed E-state index contributed by atoms with van der Waals surface area (Å²) in [6, 6.07) is 18.1. The number of hydrogen-bond acceptors (Lipinski definition) is 1. The van der Waals surface area contributed by atoms with Crippen LogP contribution in [-0.4, -0.2) is 6.54 Å². The van der Waals surface area contributed by atoms with Crippen LogP contribution in [0.1, 0.15) is 43.0 Å². The Balaban J connectivity index is 2.14. The van der Waals surface area contributed by atoms with Crippen LogP contribution >= 0.6 is 15.9 Å². The molecule has 0 aliphatic heterocycles. The molecule has 2 heteroatoms. The number of nitrogens with one attached hydrogen (secondary N) is 1. The summed E-state index contributed by atoms with van der Waals surface area (Å²) in [4.78, 5) is 0. The van der Waals surface area contributed by atoms with Crippen molar-refractivity contribution in [1.82, 2.24) is 5.32 Å². The molecule has 0 amide bonds.